The van der Waals surface area contributed by atoms with Gasteiger partial charge in [-0.1, -0.05) is 121 Å². The first-order valence-corrected chi connectivity index (χ1v) is 16.7. The molecule has 7 aromatic rings. The van der Waals surface area contributed by atoms with Gasteiger partial charge in [-0.2, -0.15) is 0 Å². The van der Waals surface area contributed by atoms with Crippen LogP contribution in [-0.4, -0.2) is 25.8 Å². The summed E-state index contributed by atoms with van der Waals surface area (Å²) in [7, 11) is 0. The summed E-state index contributed by atoms with van der Waals surface area (Å²) in [5.41, 5.74) is 13.0. The van der Waals surface area contributed by atoms with Crippen molar-refractivity contribution in [1.29, 1.82) is 0 Å². The predicted molar refractivity (Wildman–Crippen MR) is 201 cm³/mol. The van der Waals surface area contributed by atoms with E-state index in [1.165, 1.54) is 5.01 Å². The molecule has 0 saturated heterocycles. The molecule has 4 N–H and O–H groups in total. The van der Waals surface area contributed by atoms with Crippen LogP contribution in [-0.2, 0) is 12.8 Å². The minimum Gasteiger partial charge on any atom is -0.354 e. The largest absolute Gasteiger partial charge is 0.354 e. The van der Waals surface area contributed by atoms with E-state index in [4.69, 9.17) is 15.8 Å². The van der Waals surface area contributed by atoms with Crippen molar-refractivity contribution in [1.82, 2.24) is 19.9 Å². The molecule has 50 heavy (non-hydrogen) atoms. The third kappa shape index (κ3) is 5.00. The van der Waals surface area contributed by atoms with Crippen molar-refractivity contribution < 1.29 is 4.79 Å². The topological polar surface area (TPSA) is 104 Å². The van der Waals surface area contributed by atoms with Crippen LogP contribution in [0.25, 0.3) is 66.6 Å². The summed E-state index contributed by atoms with van der Waals surface area (Å²) in [5.74, 6) is 6.67. The number of rotatable bonds is 4. The van der Waals surface area contributed by atoms with Crippen molar-refractivity contribution in [2.75, 3.05) is 5.01 Å². The van der Waals surface area contributed by atoms with Crippen molar-refractivity contribution in [3.8, 4) is 44.5 Å². The van der Waals surface area contributed by atoms with Crippen molar-refractivity contribution in [2.45, 2.75) is 12.8 Å². The smallest absolute Gasteiger partial charge is 0.293 e. The van der Waals surface area contributed by atoms with Crippen LogP contribution < -0.4 is 10.9 Å². The number of aromatic nitrogens is 4. The lowest BCUT2D eigenvalue weighted by molar-refractivity contribution is 0.0992. The van der Waals surface area contributed by atoms with E-state index >= 15 is 0 Å². The molecule has 0 unspecified atom stereocenters. The summed E-state index contributed by atoms with van der Waals surface area (Å²) in [5, 5.41) is 1.17. The third-order valence-corrected chi connectivity index (χ3v) is 9.47. The van der Waals surface area contributed by atoms with E-state index < -0.39 is 0 Å². The fourth-order valence-electron chi connectivity index (χ4n) is 7.20. The highest BCUT2D eigenvalue weighted by Crippen LogP contribution is 2.39. The zero-order valence-electron chi connectivity index (χ0n) is 27.1. The second-order valence-electron chi connectivity index (χ2n) is 12.5. The maximum absolute atomic E-state index is 14.3. The number of aromatic amines is 2. The molecule has 7 heteroatoms. The van der Waals surface area contributed by atoms with Crippen LogP contribution in [0.1, 0.15) is 21.9 Å². The fraction of sp³-hybridized carbons (Fsp3) is 0.0465. The Balaban J connectivity index is 1.51. The van der Waals surface area contributed by atoms with E-state index in [1.54, 1.807) is 0 Å². The molecule has 2 aliphatic rings. The van der Waals surface area contributed by atoms with E-state index in [0.29, 0.717) is 11.4 Å². The molecule has 0 spiro atoms. The van der Waals surface area contributed by atoms with Gasteiger partial charge in [-0.3, -0.25) is 9.78 Å². The van der Waals surface area contributed by atoms with Crippen LogP contribution in [0.4, 0.5) is 5.82 Å². The number of H-pyrrole nitrogens is 2. The standard InChI is InChI=1S/C43H32N6O/c44-49-42-40(30-19-11-4-12-20-30)36-26-24-34(47-36)38(28-15-7-2-8-16-28)32-22-21-31(45-32)37(27-13-5-1-6-14-27)33-23-25-35(46-33)39(41(48-42)43(49)50)29-17-9-3-10-18-29/h1-20,23-26,46-47H,21-22,44H2. The van der Waals surface area contributed by atoms with Crippen molar-refractivity contribution in [3.05, 3.63) is 163 Å². The highest BCUT2D eigenvalue weighted by molar-refractivity contribution is 6.15. The zero-order valence-corrected chi connectivity index (χ0v) is 27.1. The van der Waals surface area contributed by atoms with E-state index in [1.807, 2.05) is 84.9 Å². The number of aryl methyl sites for hydroxylation is 2. The minimum absolute atomic E-state index is 0.265. The van der Waals surface area contributed by atoms with Crippen molar-refractivity contribution in [2.24, 2.45) is 5.84 Å². The number of amides is 1. The van der Waals surface area contributed by atoms with Crippen LogP contribution in [0.2, 0.25) is 0 Å². The monoisotopic (exact) mass is 648 g/mol. The lowest BCUT2D eigenvalue weighted by atomic mass is 10.0. The normalized spacial score (nSPS) is 12.7. The van der Waals surface area contributed by atoms with E-state index in [-0.39, 0.29) is 11.6 Å². The first kappa shape index (κ1) is 29.6. The second-order valence-corrected chi connectivity index (χ2v) is 12.5. The maximum Gasteiger partial charge on any atom is 0.293 e. The van der Waals surface area contributed by atoms with Gasteiger partial charge in [0.1, 0.15) is 5.69 Å². The summed E-state index contributed by atoms with van der Waals surface area (Å²) in [4.78, 5) is 32.2. The Kier molecular flexibility index (Phi) is 7.18. The molecule has 5 heterocycles. The summed E-state index contributed by atoms with van der Waals surface area (Å²) in [6, 6.07) is 48.8. The number of carbonyl (C=O) groups excluding carboxylic acids is 1. The summed E-state index contributed by atoms with van der Waals surface area (Å²) in [6.45, 7) is 0. The molecule has 0 aliphatic carbocycles. The molecule has 1 amide bonds. The van der Waals surface area contributed by atoms with Crippen LogP contribution in [0.15, 0.2) is 146 Å². The molecule has 3 aromatic heterocycles. The highest BCUT2D eigenvalue weighted by Gasteiger charge is 2.31. The fourth-order valence-corrected chi connectivity index (χ4v) is 7.20. The molecule has 0 radical (unpaired) electrons. The first-order valence-electron chi connectivity index (χ1n) is 16.7. The van der Waals surface area contributed by atoms with Gasteiger partial charge in [0.05, 0.1) is 16.9 Å². The summed E-state index contributed by atoms with van der Waals surface area (Å²) >= 11 is 0. The molecule has 8 bridgehead atoms. The number of nitrogens with zero attached hydrogens (tertiary/aromatic N) is 3. The number of hydrazine groups is 1. The molecule has 2 aliphatic heterocycles. The molecular formula is C43H32N6O. The number of hydrogen-bond acceptors (Lipinski definition) is 4. The Morgan fingerprint density at radius 3 is 1.26 bits per heavy atom. The van der Waals surface area contributed by atoms with E-state index in [2.05, 4.69) is 70.6 Å². The number of benzene rings is 4. The van der Waals surface area contributed by atoms with Gasteiger partial charge in [0.25, 0.3) is 5.91 Å². The predicted octanol–water partition coefficient (Wildman–Crippen LogP) is 9.29. The Bertz CT molecular complexity index is 2560. The Labute approximate surface area is 288 Å². The van der Waals surface area contributed by atoms with Gasteiger partial charge in [-0.15, -0.1) is 0 Å². The van der Waals surface area contributed by atoms with Gasteiger partial charge in [-0.25, -0.2) is 15.8 Å². The first-order chi connectivity index (χ1) is 24.6. The Hall–Kier alpha value is -6.57. The van der Waals surface area contributed by atoms with Gasteiger partial charge in [-0.05, 0) is 59.4 Å². The average Bonchev–Trinajstić information content (AvgIpc) is 3.99. The molecule has 0 saturated carbocycles. The second kappa shape index (κ2) is 12.1. The summed E-state index contributed by atoms with van der Waals surface area (Å²) in [6.07, 6.45) is 1.56. The molecule has 7 nitrogen and oxygen atoms in total. The van der Waals surface area contributed by atoms with Gasteiger partial charge < -0.3 is 9.97 Å². The molecule has 9 rings (SSSR count). The van der Waals surface area contributed by atoms with Crippen LogP contribution in [0.3, 0.4) is 0 Å². The van der Waals surface area contributed by atoms with Crippen LogP contribution in [0, 0.1) is 0 Å². The van der Waals surface area contributed by atoms with E-state index in [9.17, 15) is 4.79 Å². The molecule has 0 atom stereocenters. The minimum atomic E-state index is -0.387. The van der Waals surface area contributed by atoms with Crippen molar-refractivity contribution in [3.63, 3.8) is 0 Å². The van der Waals surface area contributed by atoms with Gasteiger partial charge in [0, 0.05) is 38.8 Å². The number of anilines is 1. The van der Waals surface area contributed by atoms with E-state index in [0.717, 1.165) is 85.2 Å². The van der Waals surface area contributed by atoms with Gasteiger partial charge in [0.2, 0.25) is 0 Å². The van der Waals surface area contributed by atoms with Crippen LogP contribution in [0.5, 0.6) is 0 Å². The average molecular weight is 649 g/mol. The third-order valence-electron chi connectivity index (χ3n) is 9.47. The molecule has 0 fully saturated rings. The zero-order chi connectivity index (χ0) is 33.6. The molecule has 4 aromatic carbocycles. The molecular weight excluding hydrogens is 617 g/mol. The van der Waals surface area contributed by atoms with Gasteiger partial charge in [0.15, 0.2) is 5.82 Å². The Morgan fingerprint density at radius 1 is 0.460 bits per heavy atom. The lowest BCUT2D eigenvalue weighted by Crippen LogP contribution is -2.34. The highest BCUT2D eigenvalue weighted by atomic mass is 16.2. The number of hydrogen-bond donors (Lipinski definition) is 3. The van der Waals surface area contributed by atoms with Crippen molar-refractivity contribution >= 4 is 33.8 Å². The number of carbonyl (C=O) groups is 1. The molecule has 240 valence electrons. The SMILES string of the molecule is NN1C(=O)c2nc1c(-c1ccccc1)c1ccc([nH]1)c(-c1ccccc1)c1nc(c(-c3ccccc3)c3ccc([nH]3)c2-c2ccccc2)CC1. The van der Waals surface area contributed by atoms with Gasteiger partial charge >= 0.3 is 0 Å². The lowest BCUT2D eigenvalue weighted by Gasteiger charge is -2.12. The summed E-state index contributed by atoms with van der Waals surface area (Å²) < 4.78 is 0. The number of nitrogens with two attached hydrogens (primary N) is 1. The quantitative estimate of drug-likeness (QED) is 0.131. The Morgan fingerprint density at radius 2 is 0.820 bits per heavy atom. The van der Waals surface area contributed by atoms with Crippen LogP contribution >= 0.6 is 0 Å². The number of fused-ring (bicyclic) bond motifs is 8. The maximum atomic E-state index is 14.3. The number of nitrogens with one attached hydrogen (secondary N) is 2.